The molecular formula is C10H18N2O5S. The molecule has 0 aromatic carbocycles. The zero-order valence-corrected chi connectivity index (χ0v) is 11.0. The number of nitrogens with one attached hydrogen (secondary N) is 1. The van der Waals surface area contributed by atoms with Crippen molar-refractivity contribution in [2.24, 2.45) is 11.7 Å². The monoisotopic (exact) mass is 278 g/mol. The topological polar surface area (TPSA) is 116 Å². The summed E-state index contributed by atoms with van der Waals surface area (Å²) in [6.45, 7) is 1.98. The first kappa shape index (κ1) is 14.9. The average molecular weight is 278 g/mol. The lowest BCUT2D eigenvalue weighted by atomic mass is 10.1. The number of nitrogens with two attached hydrogens (primary N) is 1. The second-order valence-electron chi connectivity index (χ2n) is 4.24. The van der Waals surface area contributed by atoms with E-state index in [4.69, 9.17) is 5.73 Å². The number of hydrogen-bond acceptors (Lipinski definition) is 6. The largest absolute Gasteiger partial charge is 0.464 e. The van der Waals surface area contributed by atoms with Crippen LogP contribution in [0.15, 0.2) is 0 Å². The number of esters is 1. The Kier molecular flexibility index (Phi) is 5.09. The van der Waals surface area contributed by atoms with E-state index in [2.05, 4.69) is 10.1 Å². The maximum atomic E-state index is 11.5. The summed E-state index contributed by atoms with van der Waals surface area (Å²) >= 11 is 0. The van der Waals surface area contributed by atoms with Crippen molar-refractivity contribution in [2.45, 2.75) is 19.4 Å². The molecule has 2 unspecified atom stereocenters. The minimum Gasteiger partial charge on any atom is -0.464 e. The van der Waals surface area contributed by atoms with Gasteiger partial charge in [-0.3, -0.25) is 4.79 Å². The van der Waals surface area contributed by atoms with Crippen LogP contribution in [-0.4, -0.2) is 51.0 Å². The van der Waals surface area contributed by atoms with Crippen LogP contribution in [0, 0.1) is 5.92 Å². The molecule has 1 aliphatic rings. The van der Waals surface area contributed by atoms with Crippen molar-refractivity contribution in [3.63, 3.8) is 0 Å². The van der Waals surface area contributed by atoms with Crippen molar-refractivity contribution < 1.29 is 22.7 Å². The van der Waals surface area contributed by atoms with E-state index in [-0.39, 0.29) is 30.6 Å². The first-order valence-corrected chi connectivity index (χ1v) is 7.58. The maximum absolute atomic E-state index is 11.5. The molecule has 0 aliphatic carbocycles. The molecule has 2 atom stereocenters. The number of hydrogen-bond donors (Lipinski definition) is 2. The highest BCUT2D eigenvalue weighted by Gasteiger charge is 2.29. The summed E-state index contributed by atoms with van der Waals surface area (Å²) in [5.41, 5.74) is 5.38. The van der Waals surface area contributed by atoms with Crippen molar-refractivity contribution in [1.82, 2.24) is 5.32 Å². The predicted octanol–water partition coefficient (Wildman–Crippen LogP) is -1.57. The van der Waals surface area contributed by atoms with Gasteiger partial charge in [0.1, 0.15) is 0 Å². The third-order valence-electron chi connectivity index (χ3n) is 2.71. The summed E-state index contributed by atoms with van der Waals surface area (Å²) in [6.07, 6.45) is 0.525. The van der Waals surface area contributed by atoms with Crippen LogP contribution in [0.3, 0.4) is 0 Å². The number of rotatable bonds is 5. The van der Waals surface area contributed by atoms with Crippen LogP contribution in [0.5, 0.6) is 0 Å². The fourth-order valence-electron chi connectivity index (χ4n) is 1.73. The highest BCUT2D eigenvalue weighted by Crippen LogP contribution is 2.17. The van der Waals surface area contributed by atoms with Crippen molar-refractivity contribution >= 4 is 21.7 Å². The van der Waals surface area contributed by atoms with Gasteiger partial charge in [-0.2, -0.15) is 0 Å². The molecule has 0 aromatic rings. The van der Waals surface area contributed by atoms with E-state index in [1.54, 1.807) is 6.92 Å². The molecule has 0 aromatic heterocycles. The molecule has 18 heavy (non-hydrogen) atoms. The zero-order valence-electron chi connectivity index (χ0n) is 10.2. The standard InChI is InChI=1S/C10H18N2O5S/c1-2-17-10(14)8(11)9(13)12-5-7-3-4-18(15,16)6-7/h7-8H,2-6,11H2,1H3,(H,12,13). The molecule has 1 rings (SSSR count). The fourth-order valence-corrected chi connectivity index (χ4v) is 3.59. The zero-order chi connectivity index (χ0) is 13.8. The molecule has 7 nitrogen and oxygen atoms in total. The molecular weight excluding hydrogens is 260 g/mol. The summed E-state index contributed by atoms with van der Waals surface area (Å²) in [6, 6.07) is -1.36. The molecule has 8 heteroatoms. The van der Waals surface area contributed by atoms with Gasteiger partial charge in [-0.05, 0) is 19.3 Å². The Morgan fingerprint density at radius 2 is 2.17 bits per heavy atom. The van der Waals surface area contributed by atoms with Crippen LogP contribution in [0.1, 0.15) is 13.3 Å². The maximum Gasteiger partial charge on any atom is 0.332 e. The van der Waals surface area contributed by atoms with E-state index >= 15 is 0 Å². The molecule has 0 bridgehead atoms. The van der Waals surface area contributed by atoms with Crippen LogP contribution in [0.4, 0.5) is 0 Å². The molecule has 1 heterocycles. The molecule has 3 N–H and O–H groups in total. The number of ether oxygens (including phenoxy) is 1. The van der Waals surface area contributed by atoms with Gasteiger partial charge < -0.3 is 15.8 Å². The SMILES string of the molecule is CCOC(=O)C(N)C(=O)NCC1CCS(=O)(=O)C1. The molecule has 1 fully saturated rings. The summed E-state index contributed by atoms with van der Waals surface area (Å²) in [4.78, 5) is 22.7. The highest BCUT2D eigenvalue weighted by molar-refractivity contribution is 7.91. The smallest absolute Gasteiger partial charge is 0.332 e. The van der Waals surface area contributed by atoms with E-state index < -0.39 is 27.8 Å². The van der Waals surface area contributed by atoms with E-state index in [9.17, 15) is 18.0 Å². The van der Waals surface area contributed by atoms with Crippen molar-refractivity contribution in [3.8, 4) is 0 Å². The molecule has 0 radical (unpaired) electrons. The molecule has 0 saturated carbocycles. The van der Waals surface area contributed by atoms with Crippen molar-refractivity contribution in [2.75, 3.05) is 24.7 Å². The van der Waals surface area contributed by atoms with Crippen LogP contribution in [-0.2, 0) is 24.2 Å². The second-order valence-corrected chi connectivity index (χ2v) is 6.47. The minimum atomic E-state index is -2.96. The molecule has 1 saturated heterocycles. The first-order valence-electron chi connectivity index (χ1n) is 5.76. The van der Waals surface area contributed by atoms with Gasteiger partial charge >= 0.3 is 5.97 Å². The van der Waals surface area contributed by atoms with Crippen LogP contribution in [0.2, 0.25) is 0 Å². The van der Waals surface area contributed by atoms with Crippen LogP contribution in [0.25, 0.3) is 0 Å². The summed E-state index contributed by atoms with van der Waals surface area (Å²) in [5.74, 6) is -1.31. The number of carbonyl (C=O) groups excluding carboxylic acids is 2. The van der Waals surface area contributed by atoms with Crippen molar-refractivity contribution in [1.29, 1.82) is 0 Å². The van der Waals surface area contributed by atoms with E-state index in [1.165, 1.54) is 0 Å². The molecule has 0 spiro atoms. The average Bonchev–Trinajstić information content (AvgIpc) is 2.65. The third-order valence-corrected chi connectivity index (χ3v) is 4.55. The van der Waals surface area contributed by atoms with Gasteiger partial charge in [-0.25, -0.2) is 13.2 Å². The Morgan fingerprint density at radius 1 is 1.50 bits per heavy atom. The van der Waals surface area contributed by atoms with Gasteiger partial charge in [-0.15, -0.1) is 0 Å². The first-order chi connectivity index (χ1) is 8.35. The van der Waals surface area contributed by atoms with E-state index in [0.717, 1.165) is 0 Å². The van der Waals surface area contributed by atoms with Crippen LogP contribution >= 0.6 is 0 Å². The van der Waals surface area contributed by atoms with Gasteiger partial charge in [0.2, 0.25) is 5.91 Å². The predicted molar refractivity (Wildman–Crippen MR) is 64.4 cm³/mol. The minimum absolute atomic E-state index is 0.0714. The van der Waals surface area contributed by atoms with Gasteiger partial charge in [-0.1, -0.05) is 0 Å². The normalized spacial score (nSPS) is 23.3. The summed E-state index contributed by atoms with van der Waals surface area (Å²) in [7, 11) is -2.96. The second kappa shape index (κ2) is 6.14. The molecule has 104 valence electrons. The Balaban J connectivity index is 2.35. The lowest BCUT2D eigenvalue weighted by Gasteiger charge is -2.13. The third kappa shape index (κ3) is 4.26. The van der Waals surface area contributed by atoms with Gasteiger partial charge in [0.05, 0.1) is 18.1 Å². The number of sulfone groups is 1. The summed E-state index contributed by atoms with van der Waals surface area (Å²) in [5, 5.41) is 2.47. The lowest BCUT2D eigenvalue weighted by molar-refractivity contribution is -0.148. The van der Waals surface area contributed by atoms with E-state index in [0.29, 0.717) is 6.42 Å². The Bertz CT molecular complexity index is 420. The Hall–Kier alpha value is -1.15. The molecule has 1 aliphatic heterocycles. The number of amides is 1. The van der Waals surface area contributed by atoms with E-state index in [1.807, 2.05) is 0 Å². The Morgan fingerprint density at radius 3 is 2.67 bits per heavy atom. The number of carbonyl (C=O) groups is 2. The molecule has 1 amide bonds. The van der Waals surface area contributed by atoms with Gasteiger partial charge in [0, 0.05) is 6.54 Å². The Labute approximate surface area is 106 Å². The van der Waals surface area contributed by atoms with Gasteiger partial charge in [0.15, 0.2) is 15.9 Å². The lowest BCUT2D eigenvalue weighted by Crippen LogP contribution is -2.48. The summed E-state index contributed by atoms with van der Waals surface area (Å²) < 4.78 is 27.0. The van der Waals surface area contributed by atoms with Crippen LogP contribution < -0.4 is 11.1 Å². The van der Waals surface area contributed by atoms with Crippen molar-refractivity contribution in [3.05, 3.63) is 0 Å². The quantitative estimate of drug-likeness (QED) is 0.463. The van der Waals surface area contributed by atoms with Gasteiger partial charge in [0.25, 0.3) is 0 Å². The highest BCUT2D eigenvalue weighted by atomic mass is 32.2. The fraction of sp³-hybridized carbons (Fsp3) is 0.800.